The second-order valence-electron chi connectivity index (χ2n) is 3.18. The molecule has 15 heavy (non-hydrogen) atoms. The molecule has 0 spiro atoms. The van der Waals surface area contributed by atoms with Crippen LogP contribution < -0.4 is 0 Å². The summed E-state index contributed by atoms with van der Waals surface area (Å²) in [6.45, 7) is 1.74. The van der Waals surface area contributed by atoms with Gasteiger partial charge in [-0.25, -0.2) is 0 Å². The first-order valence-electron chi connectivity index (χ1n) is 4.56. The third kappa shape index (κ3) is 3.38. The van der Waals surface area contributed by atoms with Gasteiger partial charge in [0.2, 0.25) is 0 Å². The van der Waals surface area contributed by atoms with Crippen LogP contribution in [0.25, 0.3) is 0 Å². The van der Waals surface area contributed by atoms with Crippen LogP contribution in [0.2, 0.25) is 0 Å². The van der Waals surface area contributed by atoms with Crippen LogP contribution in [0.5, 0.6) is 0 Å². The van der Waals surface area contributed by atoms with Gasteiger partial charge < -0.3 is 0 Å². The maximum atomic E-state index is 12.1. The van der Waals surface area contributed by atoms with Gasteiger partial charge in [0.05, 0.1) is 6.54 Å². The largest absolute Gasteiger partial charge is 0.435 e. The SMILES string of the molecule is CCCC(=O)Cn1ccc(C(F)(F)F)n1. The van der Waals surface area contributed by atoms with E-state index in [-0.39, 0.29) is 12.3 Å². The van der Waals surface area contributed by atoms with Crippen molar-refractivity contribution in [2.75, 3.05) is 0 Å². The highest BCUT2D eigenvalue weighted by molar-refractivity contribution is 5.77. The molecule has 0 N–H and O–H groups in total. The number of rotatable bonds is 4. The highest BCUT2D eigenvalue weighted by Gasteiger charge is 2.33. The Balaban J connectivity index is 2.65. The van der Waals surface area contributed by atoms with Crippen molar-refractivity contribution in [3.63, 3.8) is 0 Å². The molecule has 6 heteroatoms. The zero-order chi connectivity index (χ0) is 11.5. The number of carbonyl (C=O) groups is 1. The summed E-state index contributed by atoms with van der Waals surface area (Å²) in [5, 5.41) is 3.27. The van der Waals surface area contributed by atoms with Crippen LogP contribution in [0, 0.1) is 0 Å². The van der Waals surface area contributed by atoms with Crippen molar-refractivity contribution in [2.24, 2.45) is 0 Å². The highest BCUT2D eigenvalue weighted by atomic mass is 19.4. The fraction of sp³-hybridized carbons (Fsp3) is 0.556. The molecule has 0 amide bonds. The summed E-state index contributed by atoms with van der Waals surface area (Å²) >= 11 is 0. The zero-order valence-corrected chi connectivity index (χ0v) is 8.21. The Morgan fingerprint density at radius 1 is 1.53 bits per heavy atom. The van der Waals surface area contributed by atoms with E-state index < -0.39 is 11.9 Å². The molecule has 0 saturated carbocycles. The average Bonchev–Trinajstić information content (AvgIpc) is 2.52. The molecule has 0 aliphatic rings. The van der Waals surface area contributed by atoms with Gasteiger partial charge in [0, 0.05) is 12.6 Å². The number of nitrogens with zero attached hydrogens (tertiary/aromatic N) is 2. The number of hydrogen-bond acceptors (Lipinski definition) is 2. The third-order valence-electron chi connectivity index (χ3n) is 1.80. The van der Waals surface area contributed by atoms with Crippen LogP contribution in [-0.2, 0) is 17.5 Å². The Morgan fingerprint density at radius 2 is 2.20 bits per heavy atom. The molecule has 0 aliphatic carbocycles. The lowest BCUT2D eigenvalue weighted by molar-refractivity contribution is -0.141. The topological polar surface area (TPSA) is 34.9 Å². The zero-order valence-electron chi connectivity index (χ0n) is 8.21. The molecule has 0 aliphatic heterocycles. The lowest BCUT2D eigenvalue weighted by atomic mass is 10.2. The van der Waals surface area contributed by atoms with Gasteiger partial charge in [-0.15, -0.1) is 0 Å². The van der Waals surface area contributed by atoms with E-state index in [0.717, 1.165) is 16.9 Å². The number of aromatic nitrogens is 2. The van der Waals surface area contributed by atoms with E-state index in [1.165, 1.54) is 0 Å². The van der Waals surface area contributed by atoms with Crippen LogP contribution in [0.1, 0.15) is 25.5 Å². The molecule has 0 atom stereocenters. The van der Waals surface area contributed by atoms with Gasteiger partial charge in [0.1, 0.15) is 0 Å². The summed E-state index contributed by atoms with van der Waals surface area (Å²) in [5.74, 6) is -0.116. The number of hydrogen-bond donors (Lipinski definition) is 0. The molecule has 1 aromatic heterocycles. The Labute approximate surface area is 84.9 Å². The van der Waals surface area contributed by atoms with Crippen molar-refractivity contribution in [1.29, 1.82) is 0 Å². The van der Waals surface area contributed by atoms with Gasteiger partial charge >= 0.3 is 6.18 Å². The molecule has 1 heterocycles. The van der Waals surface area contributed by atoms with E-state index in [1.54, 1.807) is 0 Å². The summed E-state index contributed by atoms with van der Waals surface area (Å²) in [6, 6.07) is 0.860. The van der Waals surface area contributed by atoms with E-state index in [4.69, 9.17) is 0 Å². The van der Waals surface area contributed by atoms with Crippen LogP contribution in [0.15, 0.2) is 12.3 Å². The Bertz CT molecular complexity index is 343. The maximum Gasteiger partial charge on any atom is 0.435 e. The van der Waals surface area contributed by atoms with Gasteiger partial charge in [-0.2, -0.15) is 18.3 Å². The van der Waals surface area contributed by atoms with Gasteiger partial charge in [0.15, 0.2) is 11.5 Å². The number of ketones is 1. The molecule has 1 aromatic rings. The van der Waals surface area contributed by atoms with Crippen LogP contribution in [-0.4, -0.2) is 15.6 Å². The lowest BCUT2D eigenvalue weighted by Crippen LogP contribution is -2.12. The van der Waals surface area contributed by atoms with Crippen molar-refractivity contribution in [3.8, 4) is 0 Å². The second-order valence-corrected chi connectivity index (χ2v) is 3.18. The van der Waals surface area contributed by atoms with Crippen LogP contribution in [0.4, 0.5) is 13.2 Å². The van der Waals surface area contributed by atoms with Gasteiger partial charge in [0.25, 0.3) is 0 Å². The lowest BCUT2D eigenvalue weighted by Gasteiger charge is -2.01. The summed E-state index contributed by atoms with van der Waals surface area (Å²) in [4.78, 5) is 11.1. The maximum absolute atomic E-state index is 12.1. The average molecular weight is 220 g/mol. The van der Waals surface area contributed by atoms with Crippen molar-refractivity contribution >= 4 is 5.78 Å². The van der Waals surface area contributed by atoms with Gasteiger partial charge in [-0.3, -0.25) is 9.48 Å². The second kappa shape index (κ2) is 4.46. The predicted octanol–water partition coefficient (Wildman–Crippen LogP) is 2.27. The molecular weight excluding hydrogens is 209 g/mol. The van der Waals surface area contributed by atoms with Crippen molar-refractivity contribution in [3.05, 3.63) is 18.0 Å². The number of Topliss-reactive ketones (excluding diaryl/α,β-unsaturated/α-hetero) is 1. The minimum atomic E-state index is -4.45. The third-order valence-corrected chi connectivity index (χ3v) is 1.80. The van der Waals surface area contributed by atoms with Crippen molar-refractivity contribution < 1.29 is 18.0 Å². The molecule has 0 radical (unpaired) electrons. The van der Waals surface area contributed by atoms with Gasteiger partial charge in [-0.05, 0) is 12.5 Å². The smallest absolute Gasteiger partial charge is 0.298 e. The van der Waals surface area contributed by atoms with E-state index in [2.05, 4.69) is 5.10 Å². The van der Waals surface area contributed by atoms with Crippen LogP contribution in [0.3, 0.4) is 0 Å². The summed E-state index contributed by atoms with van der Waals surface area (Å²) in [6.07, 6.45) is -2.23. The normalized spacial score (nSPS) is 11.7. The number of alkyl halides is 3. The minimum absolute atomic E-state index is 0.0933. The molecule has 0 unspecified atom stereocenters. The molecule has 84 valence electrons. The molecule has 1 rings (SSSR count). The number of halogens is 3. The first kappa shape index (κ1) is 11.7. The predicted molar refractivity (Wildman–Crippen MR) is 47.1 cm³/mol. The van der Waals surface area contributed by atoms with Crippen molar-refractivity contribution in [2.45, 2.75) is 32.5 Å². The van der Waals surface area contributed by atoms with E-state index in [9.17, 15) is 18.0 Å². The summed E-state index contributed by atoms with van der Waals surface area (Å²) in [5.41, 5.74) is -0.966. The van der Waals surface area contributed by atoms with E-state index >= 15 is 0 Å². The first-order valence-corrected chi connectivity index (χ1v) is 4.56. The minimum Gasteiger partial charge on any atom is -0.298 e. The number of carbonyl (C=O) groups excluding carboxylic acids is 1. The molecule has 0 aromatic carbocycles. The molecular formula is C9H11F3N2O. The Kier molecular flexibility index (Phi) is 3.49. The molecule has 0 saturated heterocycles. The fourth-order valence-electron chi connectivity index (χ4n) is 1.14. The summed E-state index contributed by atoms with van der Waals surface area (Å²) < 4.78 is 37.4. The summed E-state index contributed by atoms with van der Waals surface area (Å²) in [7, 11) is 0. The Morgan fingerprint density at radius 3 is 2.67 bits per heavy atom. The van der Waals surface area contributed by atoms with E-state index in [0.29, 0.717) is 12.8 Å². The standard InChI is InChI=1S/C9H11F3N2O/c1-2-3-7(15)6-14-5-4-8(13-14)9(10,11)12/h4-5H,2-3,6H2,1H3. The molecule has 3 nitrogen and oxygen atoms in total. The quantitative estimate of drug-likeness (QED) is 0.780. The molecule has 0 bridgehead atoms. The highest BCUT2D eigenvalue weighted by Crippen LogP contribution is 2.27. The van der Waals surface area contributed by atoms with E-state index in [1.807, 2.05) is 6.92 Å². The van der Waals surface area contributed by atoms with Crippen LogP contribution >= 0.6 is 0 Å². The first-order chi connectivity index (χ1) is 6.93. The molecule has 0 fully saturated rings. The fourth-order valence-corrected chi connectivity index (χ4v) is 1.14. The monoisotopic (exact) mass is 220 g/mol. The van der Waals surface area contributed by atoms with Crippen molar-refractivity contribution in [1.82, 2.24) is 9.78 Å². The van der Waals surface area contributed by atoms with Gasteiger partial charge in [-0.1, -0.05) is 6.92 Å². The Hall–Kier alpha value is -1.33.